The number of piperidine rings is 2. The van der Waals surface area contributed by atoms with Gasteiger partial charge in [0, 0.05) is 31.2 Å². The van der Waals surface area contributed by atoms with Crippen molar-refractivity contribution in [2.45, 2.75) is 57.4 Å². The Kier molecular flexibility index (Phi) is 7.58. The van der Waals surface area contributed by atoms with E-state index in [1.165, 1.54) is 0 Å². The van der Waals surface area contributed by atoms with Crippen molar-refractivity contribution in [1.82, 2.24) is 14.1 Å². The Morgan fingerprint density at radius 2 is 1.60 bits per heavy atom. The van der Waals surface area contributed by atoms with Crippen LogP contribution in [0.5, 0.6) is 0 Å². The third-order valence-corrected chi connectivity index (χ3v) is 8.35. The minimum Gasteiger partial charge on any atom is -0.335 e. The van der Waals surface area contributed by atoms with E-state index in [-0.39, 0.29) is 16.8 Å². The first-order valence-corrected chi connectivity index (χ1v) is 12.7. The van der Waals surface area contributed by atoms with Crippen LogP contribution in [0.4, 0.5) is 0 Å². The Morgan fingerprint density at radius 1 is 1.03 bits per heavy atom. The van der Waals surface area contributed by atoms with Crippen molar-refractivity contribution in [2.24, 2.45) is 11.8 Å². The van der Waals surface area contributed by atoms with E-state index in [0.717, 1.165) is 45.3 Å². The van der Waals surface area contributed by atoms with Crippen LogP contribution in [-0.2, 0) is 10.0 Å². The maximum atomic E-state index is 13.3. The van der Waals surface area contributed by atoms with Crippen LogP contribution in [-0.4, -0.2) is 74.2 Å². The van der Waals surface area contributed by atoms with Gasteiger partial charge in [0.25, 0.3) is 5.91 Å². The SMILES string of the molecule is CC(C)CN(C(=O)c1ccc(S(=O)(=O)N2CCC(C)CC2)cc1)C1CCN(C)CC1. The maximum absolute atomic E-state index is 13.3. The molecule has 1 aromatic carbocycles. The highest BCUT2D eigenvalue weighted by molar-refractivity contribution is 7.89. The van der Waals surface area contributed by atoms with Crippen molar-refractivity contribution in [1.29, 1.82) is 0 Å². The summed E-state index contributed by atoms with van der Waals surface area (Å²) >= 11 is 0. The Hall–Kier alpha value is -1.44. The molecule has 0 radical (unpaired) electrons. The maximum Gasteiger partial charge on any atom is 0.254 e. The molecular weight excluding hydrogens is 398 g/mol. The quantitative estimate of drug-likeness (QED) is 0.688. The van der Waals surface area contributed by atoms with Crippen molar-refractivity contribution < 1.29 is 13.2 Å². The Balaban J connectivity index is 1.75. The van der Waals surface area contributed by atoms with E-state index in [4.69, 9.17) is 0 Å². The number of likely N-dealkylation sites (tertiary alicyclic amines) is 1. The van der Waals surface area contributed by atoms with Gasteiger partial charge < -0.3 is 9.80 Å². The molecule has 2 heterocycles. The highest BCUT2D eigenvalue weighted by atomic mass is 32.2. The summed E-state index contributed by atoms with van der Waals surface area (Å²) in [6.07, 6.45) is 3.76. The van der Waals surface area contributed by atoms with Crippen molar-refractivity contribution in [3.8, 4) is 0 Å². The van der Waals surface area contributed by atoms with Gasteiger partial charge in [0.1, 0.15) is 0 Å². The van der Waals surface area contributed by atoms with E-state index in [1.54, 1.807) is 28.6 Å². The Labute approximate surface area is 182 Å². The van der Waals surface area contributed by atoms with Crippen molar-refractivity contribution in [2.75, 3.05) is 39.8 Å². The number of hydrogen-bond acceptors (Lipinski definition) is 4. The lowest BCUT2D eigenvalue weighted by molar-refractivity contribution is 0.0559. The van der Waals surface area contributed by atoms with Gasteiger partial charge in [-0.25, -0.2) is 8.42 Å². The standard InChI is InChI=1S/C23H37N3O3S/c1-18(2)17-26(21-11-13-24(4)14-12-21)23(27)20-5-7-22(8-6-20)30(28,29)25-15-9-19(3)10-16-25/h5-8,18-19,21H,9-17H2,1-4H3. The van der Waals surface area contributed by atoms with E-state index in [9.17, 15) is 13.2 Å². The van der Waals surface area contributed by atoms with Crippen LogP contribution in [0.25, 0.3) is 0 Å². The molecule has 0 aromatic heterocycles. The summed E-state index contributed by atoms with van der Waals surface area (Å²) in [6.45, 7) is 10.3. The minimum absolute atomic E-state index is 0.00833. The molecule has 6 nitrogen and oxygen atoms in total. The van der Waals surface area contributed by atoms with Crippen molar-refractivity contribution >= 4 is 15.9 Å². The predicted molar refractivity (Wildman–Crippen MR) is 120 cm³/mol. The number of nitrogens with zero attached hydrogens (tertiary/aromatic N) is 3. The molecule has 0 spiro atoms. The zero-order valence-corrected chi connectivity index (χ0v) is 19.7. The first kappa shape index (κ1) is 23.2. The molecule has 30 heavy (non-hydrogen) atoms. The largest absolute Gasteiger partial charge is 0.335 e. The first-order chi connectivity index (χ1) is 14.2. The molecule has 2 saturated heterocycles. The van der Waals surface area contributed by atoms with Crippen LogP contribution in [0.15, 0.2) is 29.2 Å². The van der Waals surface area contributed by atoms with Crippen LogP contribution >= 0.6 is 0 Å². The smallest absolute Gasteiger partial charge is 0.254 e. The molecule has 0 atom stereocenters. The number of carbonyl (C=O) groups excluding carboxylic acids is 1. The van der Waals surface area contributed by atoms with Crippen LogP contribution in [0.1, 0.15) is 56.8 Å². The van der Waals surface area contributed by atoms with E-state index in [1.807, 2.05) is 4.90 Å². The van der Waals surface area contributed by atoms with Crippen LogP contribution in [0, 0.1) is 11.8 Å². The van der Waals surface area contributed by atoms with E-state index < -0.39 is 10.0 Å². The van der Waals surface area contributed by atoms with Gasteiger partial charge in [-0.2, -0.15) is 4.31 Å². The van der Waals surface area contributed by atoms with Gasteiger partial charge in [0.2, 0.25) is 10.0 Å². The summed E-state index contributed by atoms with van der Waals surface area (Å²) in [4.78, 5) is 17.9. The van der Waals surface area contributed by atoms with Crippen molar-refractivity contribution in [3.05, 3.63) is 29.8 Å². The van der Waals surface area contributed by atoms with Gasteiger partial charge in [0.15, 0.2) is 0 Å². The number of carbonyl (C=O) groups is 1. The summed E-state index contributed by atoms with van der Waals surface area (Å²) in [5.74, 6) is 0.965. The molecule has 168 valence electrons. The fourth-order valence-corrected chi connectivity index (χ4v) is 5.88. The average Bonchev–Trinajstić information content (AvgIpc) is 2.72. The van der Waals surface area contributed by atoms with Gasteiger partial charge in [-0.1, -0.05) is 20.8 Å². The zero-order valence-electron chi connectivity index (χ0n) is 18.9. The number of sulfonamides is 1. The molecule has 0 bridgehead atoms. The molecular formula is C23H37N3O3S. The Bertz CT molecular complexity index is 807. The number of amides is 1. The second kappa shape index (κ2) is 9.79. The van der Waals surface area contributed by atoms with E-state index in [0.29, 0.717) is 30.5 Å². The summed E-state index contributed by atoms with van der Waals surface area (Å²) in [5, 5.41) is 0. The zero-order chi connectivity index (χ0) is 21.9. The summed E-state index contributed by atoms with van der Waals surface area (Å²) in [6, 6.07) is 6.81. The number of benzene rings is 1. The summed E-state index contributed by atoms with van der Waals surface area (Å²) in [5.41, 5.74) is 0.570. The normalized spacial score (nSPS) is 20.6. The molecule has 0 saturated carbocycles. The fourth-order valence-electron chi connectivity index (χ4n) is 4.41. The van der Waals surface area contributed by atoms with Gasteiger partial charge in [-0.05, 0) is 81.9 Å². The number of hydrogen-bond donors (Lipinski definition) is 0. The molecule has 2 aliphatic heterocycles. The monoisotopic (exact) mass is 435 g/mol. The lowest BCUT2D eigenvalue weighted by Gasteiger charge is -2.38. The first-order valence-electron chi connectivity index (χ1n) is 11.3. The molecule has 7 heteroatoms. The second-order valence-electron chi connectivity index (χ2n) is 9.50. The molecule has 1 amide bonds. The van der Waals surface area contributed by atoms with E-state index >= 15 is 0 Å². The van der Waals surface area contributed by atoms with Gasteiger partial charge in [0.05, 0.1) is 4.90 Å². The third kappa shape index (κ3) is 5.42. The highest BCUT2D eigenvalue weighted by Crippen LogP contribution is 2.25. The molecule has 1 aromatic rings. The van der Waals surface area contributed by atoms with Gasteiger partial charge in [-0.3, -0.25) is 4.79 Å². The Morgan fingerprint density at radius 3 is 2.13 bits per heavy atom. The number of rotatable bonds is 6. The molecule has 0 N–H and O–H groups in total. The lowest BCUT2D eigenvalue weighted by atomic mass is 10.0. The average molecular weight is 436 g/mol. The van der Waals surface area contributed by atoms with Crippen LogP contribution in [0.3, 0.4) is 0 Å². The summed E-state index contributed by atoms with van der Waals surface area (Å²) < 4.78 is 27.5. The topological polar surface area (TPSA) is 60.9 Å². The fraction of sp³-hybridized carbons (Fsp3) is 0.696. The molecule has 2 aliphatic rings. The van der Waals surface area contributed by atoms with Crippen LogP contribution < -0.4 is 0 Å². The molecule has 2 fully saturated rings. The minimum atomic E-state index is -3.49. The third-order valence-electron chi connectivity index (χ3n) is 6.43. The molecule has 3 rings (SSSR count). The molecule has 0 unspecified atom stereocenters. The molecule has 0 aliphatic carbocycles. The van der Waals surface area contributed by atoms with Crippen LogP contribution in [0.2, 0.25) is 0 Å². The van der Waals surface area contributed by atoms with Gasteiger partial charge in [-0.15, -0.1) is 0 Å². The van der Waals surface area contributed by atoms with Gasteiger partial charge >= 0.3 is 0 Å². The van der Waals surface area contributed by atoms with Crippen molar-refractivity contribution in [3.63, 3.8) is 0 Å². The lowest BCUT2D eigenvalue weighted by Crippen LogP contribution is -2.47. The van der Waals surface area contributed by atoms with E-state index in [2.05, 4.69) is 32.7 Å². The summed E-state index contributed by atoms with van der Waals surface area (Å²) in [7, 11) is -1.37. The second-order valence-corrected chi connectivity index (χ2v) is 11.4. The predicted octanol–water partition coefficient (Wildman–Crippen LogP) is 3.30. The highest BCUT2D eigenvalue weighted by Gasteiger charge is 2.30.